The minimum atomic E-state index is -2.66. The third-order valence-corrected chi connectivity index (χ3v) is 8.52. The van der Waals surface area contributed by atoms with Crippen molar-refractivity contribution in [2.24, 2.45) is 17.6 Å². The Labute approximate surface area is 228 Å². The first-order valence-electron chi connectivity index (χ1n) is 12.8. The van der Waals surface area contributed by atoms with Crippen molar-refractivity contribution in [3.63, 3.8) is 0 Å². The summed E-state index contributed by atoms with van der Waals surface area (Å²) in [7, 11) is 3.19. The van der Waals surface area contributed by atoms with Gasteiger partial charge in [0.05, 0.1) is 11.6 Å². The molecular weight excluding hydrogens is 514 g/mol. The molecule has 3 aliphatic rings. The van der Waals surface area contributed by atoms with E-state index in [4.69, 9.17) is 5.73 Å². The number of hydrogen-bond donors (Lipinski definition) is 5. The van der Waals surface area contributed by atoms with Gasteiger partial charge in [-0.05, 0) is 61.5 Å². The number of aliphatic hydroxyl groups is 3. The first kappa shape index (κ1) is 25.7. The largest absolute Gasteiger partial charge is 0.510 e. The minimum absolute atomic E-state index is 0.0170. The lowest BCUT2D eigenvalue weighted by Crippen LogP contribution is -2.63. The van der Waals surface area contributed by atoms with E-state index in [1.165, 1.54) is 4.90 Å². The molecule has 0 aliphatic heterocycles. The zero-order valence-electron chi connectivity index (χ0n) is 21.8. The normalized spacial score (nSPS) is 26.1. The van der Waals surface area contributed by atoms with Crippen LogP contribution in [0.5, 0.6) is 5.75 Å². The molecule has 204 valence electrons. The Kier molecular flexibility index (Phi) is 5.62. The summed E-state index contributed by atoms with van der Waals surface area (Å²) in [4.78, 5) is 45.1. The van der Waals surface area contributed by atoms with Crippen LogP contribution in [0.25, 0.3) is 21.9 Å². The SMILES string of the molecule is CN(C)[C@@H]1C(O)=C(C(N)=O)C(=O)[C@@]2(O)C(O)=C3C(=O)c4c(cc5ccc(-c6cccnc6)cc5c4O)C[C@H]3C[C@@H]12. The fourth-order valence-electron chi connectivity index (χ4n) is 6.73. The molecular formula is C30H27N3O7. The number of allylic oxidation sites excluding steroid dienone is 1. The van der Waals surface area contributed by atoms with Crippen molar-refractivity contribution in [2.45, 2.75) is 24.5 Å². The highest BCUT2D eigenvalue weighted by atomic mass is 16.3. The highest BCUT2D eigenvalue weighted by Gasteiger charge is 2.63. The molecule has 6 N–H and O–H groups in total. The molecule has 1 aromatic heterocycles. The van der Waals surface area contributed by atoms with Gasteiger partial charge in [-0.25, -0.2) is 0 Å². The van der Waals surface area contributed by atoms with Crippen LogP contribution in [0, 0.1) is 11.8 Å². The molecule has 10 nitrogen and oxygen atoms in total. The number of likely N-dealkylation sites (N-methyl/N-ethyl adjacent to an activating group) is 1. The van der Waals surface area contributed by atoms with E-state index in [2.05, 4.69) is 4.98 Å². The summed E-state index contributed by atoms with van der Waals surface area (Å²) < 4.78 is 0. The van der Waals surface area contributed by atoms with Gasteiger partial charge in [0, 0.05) is 34.8 Å². The van der Waals surface area contributed by atoms with Crippen LogP contribution < -0.4 is 5.73 Å². The molecule has 0 saturated heterocycles. The maximum atomic E-state index is 13.9. The molecule has 10 heteroatoms. The number of hydrogen-bond acceptors (Lipinski definition) is 9. The topological polar surface area (TPSA) is 174 Å². The van der Waals surface area contributed by atoms with Crippen molar-refractivity contribution in [2.75, 3.05) is 14.1 Å². The molecule has 4 atom stereocenters. The Balaban J connectivity index is 1.53. The summed E-state index contributed by atoms with van der Waals surface area (Å²) >= 11 is 0. The first-order chi connectivity index (χ1) is 19.0. The summed E-state index contributed by atoms with van der Waals surface area (Å²) in [5.74, 6) is -6.64. The molecule has 0 bridgehead atoms. The number of carbonyl (C=O) groups is 3. The third kappa shape index (κ3) is 3.36. The van der Waals surface area contributed by atoms with Crippen molar-refractivity contribution in [1.29, 1.82) is 0 Å². The number of rotatable bonds is 3. The molecule has 0 fully saturated rings. The van der Waals surface area contributed by atoms with Crippen LogP contribution in [0.3, 0.4) is 0 Å². The number of carbonyl (C=O) groups excluding carboxylic acids is 3. The van der Waals surface area contributed by atoms with Gasteiger partial charge in [-0.1, -0.05) is 24.3 Å². The number of nitrogens with two attached hydrogens (primary N) is 1. The van der Waals surface area contributed by atoms with Crippen LogP contribution in [0.2, 0.25) is 0 Å². The molecule has 0 spiro atoms. The number of nitrogens with zero attached hydrogens (tertiary/aromatic N) is 2. The maximum Gasteiger partial charge on any atom is 0.255 e. The van der Waals surface area contributed by atoms with E-state index in [0.717, 1.165) is 11.1 Å². The Hall–Kier alpha value is -4.54. The second-order valence-electron chi connectivity index (χ2n) is 10.9. The zero-order chi connectivity index (χ0) is 28.7. The lowest BCUT2D eigenvalue weighted by Gasteiger charge is -2.50. The average molecular weight is 542 g/mol. The molecule has 0 unspecified atom stereocenters. The molecule has 3 aliphatic carbocycles. The van der Waals surface area contributed by atoms with Crippen LogP contribution in [-0.2, 0) is 16.0 Å². The fourth-order valence-corrected chi connectivity index (χ4v) is 6.73. The Bertz CT molecular complexity index is 1710. The van der Waals surface area contributed by atoms with Crippen LogP contribution >= 0.6 is 0 Å². The van der Waals surface area contributed by atoms with Gasteiger partial charge < -0.3 is 26.2 Å². The average Bonchev–Trinajstić information content (AvgIpc) is 2.90. The van der Waals surface area contributed by atoms with E-state index >= 15 is 0 Å². The van der Waals surface area contributed by atoms with Crippen molar-refractivity contribution in [3.8, 4) is 16.9 Å². The number of amides is 1. The highest BCUT2D eigenvalue weighted by molar-refractivity contribution is 6.25. The van der Waals surface area contributed by atoms with Gasteiger partial charge in [-0.15, -0.1) is 0 Å². The number of Topliss-reactive ketones (excluding diaryl/α,β-unsaturated/α-hetero) is 2. The maximum absolute atomic E-state index is 13.9. The summed E-state index contributed by atoms with van der Waals surface area (Å²) in [5.41, 5.74) is 3.85. The molecule has 1 amide bonds. The summed E-state index contributed by atoms with van der Waals surface area (Å²) in [6, 6.07) is 9.95. The Morgan fingerprint density at radius 3 is 2.50 bits per heavy atom. The van der Waals surface area contributed by atoms with E-state index in [1.54, 1.807) is 38.6 Å². The second-order valence-corrected chi connectivity index (χ2v) is 10.9. The highest BCUT2D eigenvalue weighted by Crippen LogP contribution is 2.52. The summed E-state index contributed by atoms with van der Waals surface area (Å²) in [5, 5.41) is 46.5. The van der Waals surface area contributed by atoms with Gasteiger partial charge in [0.25, 0.3) is 5.91 Å². The van der Waals surface area contributed by atoms with Gasteiger partial charge in [0.2, 0.25) is 5.78 Å². The predicted octanol–water partition coefficient (Wildman–Crippen LogP) is 2.34. The van der Waals surface area contributed by atoms with Gasteiger partial charge in [-0.2, -0.15) is 0 Å². The quantitative estimate of drug-likeness (QED) is 0.312. The van der Waals surface area contributed by atoms with Crippen molar-refractivity contribution >= 4 is 28.2 Å². The number of aromatic hydroxyl groups is 1. The van der Waals surface area contributed by atoms with Crippen LogP contribution in [0.4, 0.5) is 0 Å². The van der Waals surface area contributed by atoms with Crippen molar-refractivity contribution < 1.29 is 34.8 Å². The minimum Gasteiger partial charge on any atom is -0.510 e. The number of pyridine rings is 1. The monoisotopic (exact) mass is 541 g/mol. The smallest absolute Gasteiger partial charge is 0.255 e. The van der Waals surface area contributed by atoms with Crippen LogP contribution in [-0.4, -0.2) is 73.5 Å². The van der Waals surface area contributed by atoms with E-state index in [-0.39, 0.29) is 29.7 Å². The van der Waals surface area contributed by atoms with Gasteiger partial charge in [-0.3, -0.25) is 24.3 Å². The first-order valence-corrected chi connectivity index (χ1v) is 12.8. The van der Waals surface area contributed by atoms with Crippen molar-refractivity contribution in [1.82, 2.24) is 9.88 Å². The van der Waals surface area contributed by atoms with Gasteiger partial charge in [0.15, 0.2) is 11.4 Å². The van der Waals surface area contributed by atoms with E-state index in [1.807, 2.05) is 24.3 Å². The standard InChI is InChI=1S/C30H27N3O7/c1-33(2)23-19-11-17-9-16-8-14-6-5-13(15-4-3-7-32-12-15)10-18(14)24(34)20(16)25(35)21(17)27(37)30(19,40)28(38)22(26(23)36)29(31)39/h3-8,10,12,17,19,23,34,36-37,40H,9,11H2,1-2H3,(H2,31,39)/t17-,19-,23-,30-/m0/s1. The number of primary amides is 1. The predicted molar refractivity (Wildman–Crippen MR) is 144 cm³/mol. The molecule has 6 rings (SSSR count). The Morgan fingerprint density at radius 2 is 1.85 bits per heavy atom. The zero-order valence-corrected chi connectivity index (χ0v) is 21.8. The number of aromatic nitrogens is 1. The molecule has 2 aromatic carbocycles. The van der Waals surface area contributed by atoms with Crippen LogP contribution in [0.15, 0.2) is 71.5 Å². The van der Waals surface area contributed by atoms with Gasteiger partial charge in [0.1, 0.15) is 22.8 Å². The summed E-state index contributed by atoms with van der Waals surface area (Å²) in [6.07, 6.45) is 3.62. The van der Waals surface area contributed by atoms with E-state index in [0.29, 0.717) is 16.3 Å². The number of ketones is 2. The molecule has 0 radical (unpaired) electrons. The molecule has 1 heterocycles. The molecule has 0 saturated carbocycles. The lowest BCUT2D eigenvalue weighted by atomic mass is 9.58. The number of benzene rings is 2. The van der Waals surface area contributed by atoms with E-state index in [9.17, 15) is 34.8 Å². The number of aliphatic hydroxyl groups excluding tert-OH is 2. The van der Waals surface area contributed by atoms with Crippen LogP contribution in [0.1, 0.15) is 22.3 Å². The number of phenols is 1. The summed E-state index contributed by atoms with van der Waals surface area (Å²) in [6.45, 7) is 0. The third-order valence-electron chi connectivity index (χ3n) is 8.52. The molecule has 3 aromatic rings. The van der Waals surface area contributed by atoms with E-state index < -0.39 is 58.0 Å². The number of fused-ring (bicyclic) bond motifs is 4. The lowest BCUT2D eigenvalue weighted by molar-refractivity contribution is -0.148. The second kappa shape index (κ2) is 8.73. The van der Waals surface area contributed by atoms with Gasteiger partial charge >= 0.3 is 0 Å². The molecule has 40 heavy (non-hydrogen) atoms. The number of phenolic OH excluding ortho intramolecular Hbond substituents is 1. The Morgan fingerprint density at radius 1 is 1.10 bits per heavy atom. The fraction of sp³-hybridized carbons (Fsp3) is 0.267. The van der Waals surface area contributed by atoms with Crippen molar-refractivity contribution in [3.05, 3.63) is 82.6 Å².